The number of hydrogen-bond acceptors (Lipinski definition) is 1. The summed E-state index contributed by atoms with van der Waals surface area (Å²) >= 11 is 0. The van der Waals surface area contributed by atoms with Gasteiger partial charge in [-0.05, 0) is 116 Å². The Morgan fingerprint density at radius 2 is 1.12 bits per heavy atom. The Morgan fingerprint density at radius 1 is 0.485 bits per heavy atom. The van der Waals surface area contributed by atoms with E-state index in [0.29, 0.717) is 0 Å². The van der Waals surface area contributed by atoms with E-state index in [4.69, 9.17) is 0 Å². The molecular formula is C64H46N2. The fourth-order valence-electron chi connectivity index (χ4n) is 11.0. The van der Waals surface area contributed by atoms with Crippen LogP contribution in [0.5, 0.6) is 0 Å². The van der Waals surface area contributed by atoms with Crippen LogP contribution in [0.1, 0.15) is 29.2 Å². The Labute approximate surface area is 386 Å². The standard InChI is InChI=1S/C64H46N2/c1-3-4-8-22-44(2)65(49-29-13-7-14-30-49)50-31-21-24-46(41-50)57-43-61-62(55-35-18-17-33-53(55)57)56-39-37-45-23-15-16-32-52(45)63(56)66(61)51-38-40-60-58(42-51)54-34-19-20-36-59(54)64(60,47-25-9-5-10-26-47)48-27-11-6-12-28-48/h3-43H,1H2,2H3/b8-4-,44-22+. The molecule has 0 saturated carbocycles. The first-order chi connectivity index (χ1) is 32.6. The van der Waals surface area contributed by atoms with Gasteiger partial charge in [0, 0.05) is 38.9 Å². The number of anilines is 2. The minimum atomic E-state index is -0.474. The number of fused-ring (bicyclic) bond motifs is 10. The van der Waals surface area contributed by atoms with Crippen molar-refractivity contribution in [3.8, 4) is 27.9 Å². The number of nitrogens with zero attached hydrogens (tertiary/aromatic N) is 2. The van der Waals surface area contributed by atoms with Gasteiger partial charge in [-0.25, -0.2) is 0 Å². The normalized spacial score (nSPS) is 13.1. The molecule has 0 N–H and O–H groups in total. The molecular weight excluding hydrogens is 797 g/mol. The number of para-hydroxylation sites is 1. The van der Waals surface area contributed by atoms with Crippen LogP contribution in [0.2, 0.25) is 0 Å². The van der Waals surface area contributed by atoms with Crippen molar-refractivity contribution in [1.82, 2.24) is 4.57 Å². The van der Waals surface area contributed by atoms with Gasteiger partial charge in [0.15, 0.2) is 0 Å². The average molecular weight is 843 g/mol. The Kier molecular flexibility index (Phi) is 9.47. The molecule has 0 amide bonds. The molecule has 0 bridgehead atoms. The summed E-state index contributed by atoms with van der Waals surface area (Å²) in [6, 6.07) is 82.9. The van der Waals surface area contributed by atoms with E-state index >= 15 is 0 Å². The van der Waals surface area contributed by atoms with Gasteiger partial charge in [-0.2, -0.15) is 0 Å². The molecule has 0 radical (unpaired) electrons. The van der Waals surface area contributed by atoms with E-state index in [-0.39, 0.29) is 0 Å². The van der Waals surface area contributed by atoms with Crippen molar-refractivity contribution < 1.29 is 0 Å². The molecule has 0 aliphatic heterocycles. The first-order valence-electron chi connectivity index (χ1n) is 22.8. The van der Waals surface area contributed by atoms with Crippen molar-refractivity contribution in [2.45, 2.75) is 12.3 Å². The maximum Gasteiger partial charge on any atom is 0.0713 e. The van der Waals surface area contributed by atoms with E-state index < -0.39 is 5.41 Å². The molecule has 1 aliphatic rings. The van der Waals surface area contributed by atoms with Crippen molar-refractivity contribution in [2.24, 2.45) is 0 Å². The molecule has 66 heavy (non-hydrogen) atoms. The summed E-state index contributed by atoms with van der Waals surface area (Å²) in [5.41, 5.74) is 16.3. The predicted octanol–water partition coefficient (Wildman–Crippen LogP) is 16.9. The monoisotopic (exact) mass is 842 g/mol. The van der Waals surface area contributed by atoms with Crippen molar-refractivity contribution in [3.05, 3.63) is 283 Å². The lowest BCUT2D eigenvalue weighted by atomic mass is 9.68. The summed E-state index contributed by atoms with van der Waals surface area (Å²) < 4.78 is 2.55. The van der Waals surface area contributed by atoms with Crippen LogP contribution in [-0.2, 0) is 5.41 Å². The van der Waals surface area contributed by atoms with E-state index in [9.17, 15) is 0 Å². The zero-order valence-electron chi connectivity index (χ0n) is 36.8. The molecule has 1 aromatic heterocycles. The van der Waals surface area contributed by atoms with Crippen LogP contribution in [0.15, 0.2) is 261 Å². The lowest BCUT2D eigenvalue weighted by molar-refractivity contribution is 0.768. The van der Waals surface area contributed by atoms with Crippen LogP contribution in [0.25, 0.3) is 71.3 Å². The van der Waals surface area contributed by atoms with Gasteiger partial charge >= 0.3 is 0 Å². The van der Waals surface area contributed by atoms with Gasteiger partial charge in [-0.3, -0.25) is 0 Å². The minimum Gasteiger partial charge on any atom is -0.314 e. The molecule has 2 heteroatoms. The average Bonchev–Trinajstić information content (AvgIpc) is 3.88. The maximum absolute atomic E-state index is 3.89. The van der Waals surface area contributed by atoms with Crippen LogP contribution in [0, 0.1) is 0 Å². The van der Waals surface area contributed by atoms with Gasteiger partial charge in [0.25, 0.3) is 0 Å². The van der Waals surface area contributed by atoms with Crippen LogP contribution < -0.4 is 4.90 Å². The zero-order valence-corrected chi connectivity index (χ0v) is 36.8. The minimum absolute atomic E-state index is 0.474. The summed E-state index contributed by atoms with van der Waals surface area (Å²) in [6.45, 7) is 6.05. The van der Waals surface area contributed by atoms with Gasteiger partial charge in [0.05, 0.1) is 16.4 Å². The van der Waals surface area contributed by atoms with E-state index in [0.717, 1.165) is 28.3 Å². The molecule has 10 aromatic carbocycles. The molecule has 0 atom stereocenters. The highest BCUT2D eigenvalue weighted by Gasteiger charge is 2.46. The molecule has 11 aromatic rings. The number of hydrogen-bond donors (Lipinski definition) is 0. The fourth-order valence-corrected chi connectivity index (χ4v) is 11.0. The van der Waals surface area contributed by atoms with Crippen LogP contribution in [0.4, 0.5) is 11.4 Å². The summed E-state index contributed by atoms with van der Waals surface area (Å²) in [4.78, 5) is 2.33. The fraction of sp³-hybridized carbons (Fsp3) is 0.0312. The highest BCUT2D eigenvalue weighted by molar-refractivity contribution is 6.28. The predicted molar refractivity (Wildman–Crippen MR) is 280 cm³/mol. The third-order valence-corrected chi connectivity index (χ3v) is 13.7. The molecule has 2 nitrogen and oxygen atoms in total. The molecule has 0 spiro atoms. The third kappa shape index (κ3) is 6.03. The van der Waals surface area contributed by atoms with E-state index in [1.807, 2.05) is 18.2 Å². The molecule has 0 unspecified atom stereocenters. The summed E-state index contributed by atoms with van der Waals surface area (Å²) in [5.74, 6) is 0. The van der Waals surface area contributed by atoms with Gasteiger partial charge in [-0.15, -0.1) is 0 Å². The van der Waals surface area contributed by atoms with Gasteiger partial charge in [0.1, 0.15) is 0 Å². The smallest absolute Gasteiger partial charge is 0.0713 e. The topological polar surface area (TPSA) is 8.17 Å². The quantitative estimate of drug-likeness (QED) is 0.131. The SMILES string of the molecule is C=C/C=C\C=C(/C)N(c1ccccc1)c1cccc(-c2cc3c(c4ccccc24)c2ccc4ccccc4c2n3-c2ccc3c(c2)-c2ccccc2C3(c2ccccc2)c2ccccc2)c1. The Balaban J connectivity index is 1.14. The zero-order chi connectivity index (χ0) is 44.2. The molecule has 0 fully saturated rings. The van der Waals surface area contributed by atoms with Crippen LogP contribution >= 0.6 is 0 Å². The number of rotatable bonds is 9. The van der Waals surface area contributed by atoms with Gasteiger partial charge < -0.3 is 9.47 Å². The van der Waals surface area contributed by atoms with Crippen molar-refractivity contribution in [2.75, 3.05) is 4.90 Å². The Bertz CT molecular complexity index is 3680. The summed E-state index contributed by atoms with van der Waals surface area (Å²) in [7, 11) is 0. The highest BCUT2D eigenvalue weighted by Crippen LogP contribution is 2.57. The first-order valence-corrected chi connectivity index (χ1v) is 22.8. The van der Waals surface area contributed by atoms with E-state index in [1.54, 1.807) is 0 Å². The number of allylic oxidation sites excluding steroid dienone is 5. The largest absolute Gasteiger partial charge is 0.314 e. The lowest BCUT2D eigenvalue weighted by Gasteiger charge is -2.33. The van der Waals surface area contributed by atoms with Crippen molar-refractivity contribution in [1.29, 1.82) is 0 Å². The summed E-state index contributed by atoms with van der Waals surface area (Å²) in [6.07, 6.45) is 7.97. The molecule has 312 valence electrons. The summed E-state index contributed by atoms with van der Waals surface area (Å²) in [5, 5.41) is 7.41. The second-order valence-electron chi connectivity index (χ2n) is 17.3. The Hall–Kier alpha value is -8.46. The van der Waals surface area contributed by atoms with Gasteiger partial charge in [0.2, 0.25) is 0 Å². The van der Waals surface area contributed by atoms with Crippen molar-refractivity contribution >= 4 is 54.7 Å². The second-order valence-corrected chi connectivity index (χ2v) is 17.3. The van der Waals surface area contributed by atoms with Gasteiger partial charge in [-0.1, -0.05) is 207 Å². The Morgan fingerprint density at radius 3 is 1.88 bits per heavy atom. The molecule has 0 saturated heterocycles. The molecule has 12 rings (SSSR count). The maximum atomic E-state index is 3.89. The molecule has 1 aliphatic carbocycles. The van der Waals surface area contributed by atoms with E-state index in [1.165, 1.54) is 82.3 Å². The lowest BCUT2D eigenvalue weighted by Crippen LogP contribution is -2.28. The third-order valence-electron chi connectivity index (χ3n) is 13.7. The number of aromatic nitrogens is 1. The van der Waals surface area contributed by atoms with Crippen molar-refractivity contribution in [3.63, 3.8) is 0 Å². The second kappa shape index (κ2) is 16.0. The first kappa shape index (κ1) is 39.2. The van der Waals surface area contributed by atoms with Crippen LogP contribution in [-0.4, -0.2) is 4.57 Å². The van der Waals surface area contributed by atoms with E-state index in [2.05, 4.69) is 254 Å². The van der Waals surface area contributed by atoms with Crippen LogP contribution in [0.3, 0.4) is 0 Å². The number of benzene rings is 10. The molecule has 1 heterocycles. The highest BCUT2D eigenvalue weighted by atomic mass is 15.1.